The molecule has 0 aromatic carbocycles. The SMILES string of the molecule is CCCCC1(NC(=O)OC(C)(C)C)Cn2c(cc3cnc(Cl)nc32)C(=O)O1. The number of carbonyl (C=O) groups excluding carboxylic acids is 2. The molecule has 8 nitrogen and oxygen atoms in total. The summed E-state index contributed by atoms with van der Waals surface area (Å²) in [5.74, 6) is -0.539. The van der Waals surface area contributed by atoms with E-state index < -0.39 is 23.4 Å². The molecule has 9 heteroatoms. The Morgan fingerprint density at radius 1 is 1.48 bits per heavy atom. The largest absolute Gasteiger partial charge is 0.444 e. The van der Waals surface area contributed by atoms with E-state index in [2.05, 4.69) is 15.3 Å². The Morgan fingerprint density at radius 2 is 2.22 bits per heavy atom. The lowest BCUT2D eigenvalue weighted by atomic mass is 10.0. The van der Waals surface area contributed by atoms with Crippen LogP contribution in [0.15, 0.2) is 12.3 Å². The number of fused-ring (bicyclic) bond motifs is 3. The normalized spacial score (nSPS) is 19.5. The minimum atomic E-state index is -1.22. The Bertz CT molecular complexity index is 889. The summed E-state index contributed by atoms with van der Waals surface area (Å²) in [6, 6.07) is 1.66. The van der Waals surface area contributed by atoms with Crippen molar-refractivity contribution in [2.24, 2.45) is 0 Å². The molecule has 2 aromatic heterocycles. The molecular weight excluding hydrogens is 372 g/mol. The van der Waals surface area contributed by atoms with Gasteiger partial charge in [0.25, 0.3) is 0 Å². The number of hydrogen-bond acceptors (Lipinski definition) is 6. The van der Waals surface area contributed by atoms with Gasteiger partial charge in [0.1, 0.15) is 16.9 Å². The van der Waals surface area contributed by atoms with Crippen molar-refractivity contribution in [3.63, 3.8) is 0 Å². The van der Waals surface area contributed by atoms with E-state index in [4.69, 9.17) is 21.1 Å². The number of alkyl carbamates (subject to hydrolysis) is 1. The highest BCUT2D eigenvalue weighted by atomic mass is 35.5. The molecule has 1 aliphatic heterocycles. The Hall–Kier alpha value is -2.35. The maximum absolute atomic E-state index is 12.7. The zero-order valence-corrected chi connectivity index (χ0v) is 16.6. The van der Waals surface area contributed by atoms with Crippen molar-refractivity contribution in [1.82, 2.24) is 19.9 Å². The summed E-state index contributed by atoms with van der Waals surface area (Å²) in [6.45, 7) is 7.55. The average Bonchev–Trinajstić information content (AvgIpc) is 2.89. The minimum absolute atomic E-state index is 0.0848. The van der Waals surface area contributed by atoms with Crippen molar-refractivity contribution in [2.75, 3.05) is 0 Å². The second kappa shape index (κ2) is 6.99. The highest BCUT2D eigenvalue weighted by molar-refractivity contribution is 6.28. The van der Waals surface area contributed by atoms with E-state index in [9.17, 15) is 9.59 Å². The van der Waals surface area contributed by atoms with Crippen molar-refractivity contribution in [3.05, 3.63) is 23.2 Å². The summed E-state index contributed by atoms with van der Waals surface area (Å²) < 4.78 is 12.8. The lowest BCUT2D eigenvalue weighted by Crippen LogP contribution is -2.57. The first-order valence-electron chi connectivity index (χ1n) is 8.89. The van der Waals surface area contributed by atoms with Crippen molar-refractivity contribution in [3.8, 4) is 0 Å². The maximum Gasteiger partial charge on any atom is 0.410 e. The molecule has 1 amide bonds. The second-order valence-electron chi connectivity index (χ2n) is 7.65. The molecule has 1 unspecified atom stereocenters. The molecule has 1 atom stereocenters. The molecule has 3 rings (SSSR count). The van der Waals surface area contributed by atoms with Crippen molar-refractivity contribution in [1.29, 1.82) is 0 Å². The first kappa shape index (κ1) is 19.4. The van der Waals surface area contributed by atoms with Crippen LogP contribution in [0, 0.1) is 0 Å². The second-order valence-corrected chi connectivity index (χ2v) is 7.99. The van der Waals surface area contributed by atoms with E-state index in [0.717, 1.165) is 12.8 Å². The van der Waals surface area contributed by atoms with Gasteiger partial charge in [-0.1, -0.05) is 13.3 Å². The third-order valence-electron chi connectivity index (χ3n) is 4.18. The van der Waals surface area contributed by atoms with Gasteiger partial charge in [0.15, 0.2) is 0 Å². The number of halogens is 1. The number of unbranched alkanes of at least 4 members (excludes halogenated alkanes) is 1. The molecule has 146 valence electrons. The van der Waals surface area contributed by atoms with Crippen LogP contribution in [0.2, 0.25) is 5.28 Å². The number of nitrogens with zero attached hydrogens (tertiary/aromatic N) is 3. The van der Waals surface area contributed by atoms with Gasteiger partial charge in [0.2, 0.25) is 11.0 Å². The molecule has 0 radical (unpaired) electrons. The Morgan fingerprint density at radius 3 is 2.89 bits per heavy atom. The number of hydrogen-bond donors (Lipinski definition) is 1. The number of rotatable bonds is 4. The molecule has 1 aliphatic rings. The third kappa shape index (κ3) is 4.16. The summed E-state index contributed by atoms with van der Waals surface area (Å²) in [5, 5.41) is 3.52. The lowest BCUT2D eigenvalue weighted by molar-refractivity contribution is -0.0665. The van der Waals surface area contributed by atoms with E-state index >= 15 is 0 Å². The standard InChI is InChI=1S/C18H23ClN4O4/c1-5-6-7-18(22-16(25)27-17(2,3)4)10-23-12(14(24)26-18)8-11-9-20-15(19)21-13(11)23/h8-9H,5-7,10H2,1-4H3,(H,22,25). The zero-order chi connectivity index (χ0) is 19.8. The number of carbonyl (C=O) groups is 2. The number of amides is 1. The van der Waals surface area contributed by atoms with Crippen LogP contribution in [-0.2, 0) is 16.0 Å². The first-order chi connectivity index (χ1) is 12.6. The third-order valence-corrected chi connectivity index (χ3v) is 4.36. The van der Waals surface area contributed by atoms with E-state index in [1.807, 2.05) is 6.92 Å². The van der Waals surface area contributed by atoms with Crippen LogP contribution in [0.5, 0.6) is 0 Å². The predicted molar refractivity (Wildman–Crippen MR) is 99.6 cm³/mol. The van der Waals surface area contributed by atoms with Gasteiger partial charge in [-0.3, -0.25) is 5.32 Å². The summed E-state index contributed by atoms with van der Waals surface area (Å²) in [7, 11) is 0. The molecule has 0 saturated heterocycles. The van der Waals surface area contributed by atoms with Crippen LogP contribution < -0.4 is 5.32 Å². The monoisotopic (exact) mass is 394 g/mol. The lowest BCUT2D eigenvalue weighted by Gasteiger charge is -2.38. The van der Waals surface area contributed by atoms with Gasteiger partial charge in [-0.25, -0.2) is 14.6 Å². The highest BCUT2D eigenvalue weighted by Gasteiger charge is 2.43. The van der Waals surface area contributed by atoms with Crippen LogP contribution in [-0.4, -0.2) is 37.9 Å². The van der Waals surface area contributed by atoms with Gasteiger partial charge in [0, 0.05) is 18.0 Å². The van der Waals surface area contributed by atoms with Gasteiger partial charge in [-0.05, 0) is 44.9 Å². The molecule has 1 N–H and O–H groups in total. The summed E-state index contributed by atoms with van der Waals surface area (Å²) >= 11 is 5.92. The highest BCUT2D eigenvalue weighted by Crippen LogP contribution is 2.31. The molecule has 0 aliphatic carbocycles. The zero-order valence-electron chi connectivity index (χ0n) is 15.8. The van der Waals surface area contributed by atoms with Crippen LogP contribution in [0.4, 0.5) is 4.79 Å². The van der Waals surface area contributed by atoms with E-state index in [-0.39, 0.29) is 11.8 Å². The number of cyclic esters (lactones) is 1. The molecular formula is C18H23ClN4O4. The smallest absolute Gasteiger partial charge is 0.410 e. The Balaban J connectivity index is 1.98. The summed E-state index contributed by atoms with van der Waals surface area (Å²) in [6.07, 6.45) is 3.00. The summed E-state index contributed by atoms with van der Waals surface area (Å²) in [4.78, 5) is 33.2. The predicted octanol–water partition coefficient (Wildman–Crippen LogP) is 3.67. The fraction of sp³-hybridized carbons (Fsp3) is 0.556. The van der Waals surface area contributed by atoms with Crippen molar-refractivity contribution < 1.29 is 19.1 Å². The average molecular weight is 395 g/mol. The van der Waals surface area contributed by atoms with E-state index in [1.165, 1.54) is 0 Å². The van der Waals surface area contributed by atoms with Crippen LogP contribution in [0.1, 0.15) is 57.4 Å². The van der Waals surface area contributed by atoms with Crippen molar-refractivity contribution >= 4 is 34.7 Å². The Kier molecular flexibility index (Phi) is 5.03. The summed E-state index contributed by atoms with van der Waals surface area (Å²) in [5.41, 5.74) is -1.01. The number of aromatic nitrogens is 3. The number of esters is 1. The molecule has 3 heterocycles. The van der Waals surface area contributed by atoms with Crippen LogP contribution in [0.3, 0.4) is 0 Å². The molecule has 2 aromatic rings. The van der Waals surface area contributed by atoms with Gasteiger partial charge in [-0.2, -0.15) is 4.98 Å². The van der Waals surface area contributed by atoms with Gasteiger partial charge < -0.3 is 14.0 Å². The fourth-order valence-electron chi connectivity index (χ4n) is 3.07. The molecule has 0 bridgehead atoms. The van der Waals surface area contributed by atoms with E-state index in [1.54, 1.807) is 37.6 Å². The van der Waals surface area contributed by atoms with Gasteiger partial charge in [0.05, 0.1) is 6.54 Å². The number of nitrogens with one attached hydrogen (secondary N) is 1. The maximum atomic E-state index is 12.7. The van der Waals surface area contributed by atoms with Crippen LogP contribution >= 0.6 is 11.6 Å². The van der Waals surface area contributed by atoms with Gasteiger partial charge >= 0.3 is 12.1 Å². The molecule has 0 saturated carbocycles. The minimum Gasteiger partial charge on any atom is -0.444 e. The number of ether oxygens (including phenoxy) is 2. The molecule has 0 spiro atoms. The van der Waals surface area contributed by atoms with Crippen LogP contribution in [0.25, 0.3) is 11.0 Å². The molecule has 0 fully saturated rings. The topological polar surface area (TPSA) is 95.3 Å². The van der Waals surface area contributed by atoms with Gasteiger partial charge in [-0.15, -0.1) is 0 Å². The van der Waals surface area contributed by atoms with Crippen molar-refractivity contribution in [2.45, 2.75) is 64.8 Å². The Labute approximate surface area is 162 Å². The fourth-order valence-corrected chi connectivity index (χ4v) is 3.20. The quantitative estimate of drug-likeness (QED) is 0.628. The van der Waals surface area contributed by atoms with E-state index in [0.29, 0.717) is 23.1 Å². The molecule has 27 heavy (non-hydrogen) atoms. The first-order valence-corrected chi connectivity index (χ1v) is 9.26.